The minimum absolute atomic E-state index is 0.0972. The molecule has 2 heteroatoms. The zero-order chi connectivity index (χ0) is 10.3. The first-order valence-corrected chi connectivity index (χ1v) is 5.25. The van der Waals surface area contributed by atoms with Gasteiger partial charge in [0.2, 0.25) is 0 Å². The Morgan fingerprint density at radius 3 is 1.85 bits per heavy atom. The summed E-state index contributed by atoms with van der Waals surface area (Å²) in [7, 11) is 0. The molecule has 1 fully saturated rings. The molecule has 1 saturated heterocycles. The Kier molecular flexibility index (Phi) is 2.50. The Labute approximate surface area is 82.3 Å². The molecule has 0 saturated carbocycles. The molecule has 0 spiro atoms. The van der Waals surface area contributed by atoms with Gasteiger partial charge in [-0.15, -0.1) is 0 Å². The summed E-state index contributed by atoms with van der Waals surface area (Å²) >= 11 is 0. The molecule has 1 aliphatic rings. The number of nitrogens with one attached hydrogen (secondary N) is 1. The predicted molar refractivity (Wildman–Crippen MR) is 57.7 cm³/mol. The monoisotopic (exact) mass is 184 g/mol. The first kappa shape index (κ1) is 11.0. The maximum Gasteiger partial charge on any atom is 0.0405 e. The third kappa shape index (κ3) is 1.62. The van der Waals surface area contributed by atoms with Gasteiger partial charge in [0.1, 0.15) is 0 Å². The number of hydrogen-bond acceptors (Lipinski definition) is 2. The summed E-state index contributed by atoms with van der Waals surface area (Å²) in [6.45, 7) is 12.2. The lowest BCUT2D eigenvalue weighted by Gasteiger charge is -2.51. The lowest BCUT2D eigenvalue weighted by atomic mass is 9.63. The lowest BCUT2D eigenvalue weighted by molar-refractivity contribution is 0.0826. The van der Waals surface area contributed by atoms with Crippen LogP contribution in [0.2, 0.25) is 0 Å². The van der Waals surface area contributed by atoms with Crippen LogP contribution in [0.3, 0.4) is 0 Å². The Morgan fingerprint density at radius 1 is 1.15 bits per heavy atom. The van der Waals surface area contributed by atoms with Gasteiger partial charge in [-0.3, -0.25) is 0 Å². The second-order valence-corrected chi connectivity index (χ2v) is 5.91. The van der Waals surface area contributed by atoms with Gasteiger partial charge in [0, 0.05) is 11.1 Å². The van der Waals surface area contributed by atoms with Crippen molar-refractivity contribution in [2.75, 3.05) is 6.54 Å². The molecule has 3 N–H and O–H groups in total. The number of hydrogen-bond donors (Lipinski definition) is 2. The largest absolute Gasteiger partial charge is 0.324 e. The zero-order valence-corrected chi connectivity index (χ0v) is 9.70. The maximum atomic E-state index is 6.30. The highest BCUT2D eigenvalue weighted by Gasteiger charge is 2.52. The fraction of sp³-hybridized carbons (Fsp3) is 1.00. The van der Waals surface area contributed by atoms with Gasteiger partial charge in [-0.2, -0.15) is 0 Å². The maximum absolute atomic E-state index is 6.30. The molecule has 13 heavy (non-hydrogen) atoms. The van der Waals surface area contributed by atoms with Crippen molar-refractivity contribution in [3.63, 3.8) is 0 Å². The molecule has 78 valence electrons. The van der Waals surface area contributed by atoms with E-state index in [4.69, 9.17) is 5.73 Å². The van der Waals surface area contributed by atoms with E-state index in [-0.39, 0.29) is 16.5 Å². The standard InChI is InChI=1S/C11H24N2/c1-9(2,3)11(10(4,5)12)7-6-8-13-11/h13H,6-8,12H2,1-5H3. The van der Waals surface area contributed by atoms with E-state index in [1.165, 1.54) is 12.8 Å². The van der Waals surface area contributed by atoms with Crippen LogP contribution in [0.5, 0.6) is 0 Å². The normalized spacial score (nSPS) is 30.9. The molecule has 0 aromatic heterocycles. The van der Waals surface area contributed by atoms with Crippen LogP contribution in [0.1, 0.15) is 47.5 Å². The zero-order valence-electron chi connectivity index (χ0n) is 9.70. The summed E-state index contributed by atoms with van der Waals surface area (Å²) in [6.07, 6.45) is 2.44. The highest BCUT2D eigenvalue weighted by molar-refractivity contribution is 5.13. The molecule has 1 unspecified atom stereocenters. The van der Waals surface area contributed by atoms with Gasteiger partial charge in [0.25, 0.3) is 0 Å². The average molecular weight is 184 g/mol. The van der Waals surface area contributed by atoms with Crippen molar-refractivity contribution >= 4 is 0 Å². The number of nitrogens with two attached hydrogens (primary N) is 1. The summed E-state index contributed by atoms with van der Waals surface area (Å²) in [6, 6.07) is 0. The first-order chi connectivity index (χ1) is 5.71. The van der Waals surface area contributed by atoms with Crippen LogP contribution in [0.15, 0.2) is 0 Å². The van der Waals surface area contributed by atoms with Crippen molar-refractivity contribution in [3.8, 4) is 0 Å². The molecule has 1 aliphatic heterocycles. The van der Waals surface area contributed by atoms with Crippen molar-refractivity contribution in [1.82, 2.24) is 5.32 Å². The molecule has 1 atom stereocenters. The summed E-state index contributed by atoms with van der Waals surface area (Å²) in [5.74, 6) is 0. The SMILES string of the molecule is CC(C)(C)C1(C(C)(C)N)CCCN1. The van der Waals surface area contributed by atoms with Crippen molar-refractivity contribution in [1.29, 1.82) is 0 Å². The van der Waals surface area contributed by atoms with Crippen LogP contribution < -0.4 is 11.1 Å². The third-order valence-electron chi connectivity index (χ3n) is 3.54. The van der Waals surface area contributed by atoms with E-state index >= 15 is 0 Å². The summed E-state index contributed by atoms with van der Waals surface area (Å²) in [5.41, 5.74) is 6.47. The van der Waals surface area contributed by atoms with Crippen molar-refractivity contribution in [2.24, 2.45) is 11.1 Å². The van der Waals surface area contributed by atoms with E-state index in [0.29, 0.717) is 0 Å². The minimum atomic E-state index is -0.151. The van der Waals surface area contributed by atoms with Crippen LogP contribution in [-0.2, 0) is 0 Å². The molecule has 1 rings (SSSR count). The van der Waals surface area contributed by atoms with Crippen LogP contribution in [0.4, 0.5) is 0 Å². The molecule has 0 aliphatic carbocycles. The molecule has 0 radical (unpaired) electrons. The van der Waals surface area contributed by atoms with E-state index < -0.39 is 0 Å². The number of rotatable bonds is 1. The molecular formula is C11H24N2. The van der Waals surface area contributed by atoms with Gasteiger partial charge in [0.05, 0.1) is 0 Å². The highest BCUT2D eigenvalue weighted by Crippen LogP contribution is 2.43. The fourth-order valence-corrected chi connectivity index (χ4v) is 2.90. The van der Waals surface area contributed by atoms with E-state index in [9.17, 15) is 0 Å². The molecule has 0 amide bonds. The van der Waals surface area contributed by atoms with E-state index in [1.807, 2.05) is 0 Å². The highest BCUT2D eigenvalue weighted by atomic mass is 15.1. The van der Waals surface area contributed by atoms with E-state index in [2.05, 4.69) is 39.9 Å². The molecule has 2 nitrogen and oxygen atoms in total. The Hall–Kier alpha value is -0.0800. The van der Waals surface area contributed by atoms with Crippen LogP contribution in [0, 0.1) is 5.41 Å². The molecule has 1 heterocycles. The van der Waals surface area contributed by atoms with Crippen LogP contribution in [0.25, 0.3) is 0 Å². The summed E-state index contributed by atoms with van der Waals surface area (Å²) < 4.78 is 0. The van der Waals surface area contributed by atoms with Gasteiger partial charge in [-0.25, -0.2) is 0 Å². The van der Waals surface area contributed by atoms with Crippen molar-refractivity contribution in [3.05, 3.63) is 0 Å². The molecular weight excluding hydrogens is 160 g/mol. The summed E-state index contributed by atoms with van der Waals surface area (Å²) in [4.78, 5) is 0. The Balaban J connectivity index is 3.02. The second kappa shape index (κ2) is 2.96. The molecule has 0 aromatic rings. The van der Waals surface area contributed by atoms with Crippen molar-refractivity contribution in [2.45, 2.75) is 58.5 Å². The lowest BCUT2D eigenvalue weighted by Crippen LogP contribution is -2.68. The quantitative estimate of drug-likeness (QED) is 0.653. The minimum Gasteiger partial charge on any atom is -0.324 e. The van der Waals surface area contributed by atoms with Gasteiger partial charge < -0.3 is 11.1 Å². The van der Waals surface area contributed by atoms with Crippen LogP contribution >= 0.6 is 0 Å². The first-order valence-electron chi connectivity index (χ1n) is 5.25. The smallest absolute Gasteiger partial charge is 0.0405 e. The topological polar surface area (TPSA) is 38.0 Å². The third-order valence-corrected chi connectivity index (χ3v) is 3.54. The summed E-state index contributed by atoms with van der Waals surface area (Å²) in [5, 5.41) is 3.62. The van der Waals surface area contributed by atoms with Gasteiger partial charge in [-0.1, -0.05) is 20.8 Å². The Morgan fingerprint density at radius 2 is 1.69 bits per heavy atom. The molecule has 0 aromatic carbocycles. The molecule has 0 bridgehead atoms. The van der Waals surface area contributed by atoms with E-state index in [1.54, 1.807) is 0 Å². The Bertz CT molecular complexity index is 161. The van der Waals surface area contributed by atoms with E-state index in [0.717, 1.165) is 6.54 Å². The van der Waals surface area contributed by atoms with Gasteiger partial charge in [0.15, 0.2) is 0 Å². The second-order valence-electron chi connectivity index (χ2n) is 5.91. The predicted octanol–water partition coefficient (Wildman–Crippen LogP) is 1.89. The van der Waals surface area contributed by atoms with Crippen molar-refractivity contribution < 1.29 is 0 Å². The fourth-order valence-electron chi connectivity index (χ4n) is 2.90. The van der Waals surface area contributed by atoms with Gasteiger partial charge in [-0.05, 0) is 38.6 Å². The average Bonchev–Trinajstić information content (AvgIpc) is 2.28. The van der Waals surface area contributed by atoms with Crippen LogP contribution in [-0.4, -0.2) is 17.6 Å². The van der Waals surface area contributed by atoms with Gasteiger partial charge >= 0.3 is 0 Å².